The highest BCUT2D eigenvalue weighted by Gasteiger charge is 2.35. The molecule has 1 aliphatic carbocycles. The molecule has 1 aliphatic heterocycles. The maximum Gasteiger partial charge on any atom is 0.253 e. The number of nitrogens with one attached hydrogen (secondary N) is 2. The predicted molar refractivity (Wildman–Crippen MR) is 116 cm³/mol. The van der Waals surface area contributed by atoms with Crippen molar-refractivity contribution in [1.82, 2.24) is 5.32 Å². The van der Waals surface area contributed by atoms with Crippen molar-refractivity contribution < 1.29 is 18.8 Å². The van der Waals surface area contributed by atoms with Crippen LogP contribution in [0.15, 0.2) is 48.5 Å². The van der Waals surface area contributed by atoms with Gasteiger partial charge in [-0.05, 0) is 49.2 Å². The number of amides is 3. The fraction of sp³-hybridized carbons (Fsp3) is 0.375. The quantitative estimate of drug-likeness (QED) is 0.766. The van der Waals surface area contributed by atoms with Crippen molar-refractivity contribution in [3.63, 3.8) is 0 Å². The summed E-state index contributed by atoms with van der Waals surface area (Å²) in [6.45, 7) is 0.215. The molecule has 6 nitrogen and oxygen atoms in total. The lowest BCUT2D eigenvalue weighted by atomic mass is 9.95. The lowest BCUT2D eigenvalue weighted by Crippen LogP contribution is -2.36. The fourth-order valence-electron chi connectivity index (χ4n) is 4.29. The van der Waals surface area contributed by atoms with Crippen LogP contribution < -0.4 is 15.5 Å². The van der Waals surface area contributed by atoms with Crippen LogP contribution in [0, 0.1) is 11.7 Å². The Morgan fingerprint density at radius 1 is 0.968 bits per heavy atom. The molecule has 1 saturated carbocycles. The molecule has 2 N–H and O–H groups in total. The Kier molecular flexibility index (Phi) is 6.30. The fourth-order valence-corrected chi connectivity index (χ4v) is 4.29. The first-order chi connectivity index (χ1) is 15.0. The van der Waals surface area contributed by atoms with Crippen LogP contribution in [0.4, 0.5) is 15.8 Å². The number of carbonyl (C=O) groups is 3. The standard InChI is InChI=1S/C24H26FN3O3/c25-17-10-12-19(13-11-17)28-15-16(14-22(28)29)23(30)27-21-9-5-4-8-20(21)24(31)26-18-6-2-1-3-7-18/h4-5,8-13,16,18H,1-3,6-7,14-15H2,(H,26,31)(H,27,30)/t16-/m1/s1. The Bertz CT molecular complexity index is 970. The summed E-state index contributed by atoms with van der Waals surface area (Å²) in [6.07, 6.45) is 5.45. The molecular weight excluding hydrogens is 397 g/mol. The summed E-state index contributed by atoms with van der Waals surface area (Å²) in [5.74, 6) is -1.62. The molecule has 1 heterocycles. The summed E-state index contributed by atoms with van der Waals surface area (Å²) in [6, 6.07) is 12.7. The van der Waals surface area contributed by atoms with Gasteiger partial charge in [0, 0.05) is 24.7 Å². The second-order valence-electron chi connectivity index (χ2n) is 8.23. The van der Waals surface area contributed by atoms with Crippen LogP contribution in [0.1, 0.15) is 48.9 Å². The number of hydrogen-bond acceptors (Lipinski definition) is 3. The Morgan fingerprint density at radius 2 is 1.68 bits per heavy atom. The molecular formula is C24H26FN3O3. The number of rotatable bonds is 5. The van der Waals surface area contributed by atoms with Crippen LogP contribution in [-0.4, -0.2) is 30.3 Å². The van der Waals surface area contributed by atoms with E-state index in [9.17, 15) is 18.8 Å². The van der Waals surface area contributed by atoms with Crippen molar-refractivity contribution in [1.29, 1.82) is 0 Å². The molecule has 0 radical (unpaired) electrons. The van der Waals surface area contributed by atoms with Crippen molar-refractivity contribution >= 4 is 29.1 Å². The van der Waals surface area contributed by atoms with Gasteiger partial charge in [-0.25, -0.2) is 4.39 Å². The van der Waals surface area contributed by atoms with Gasteiger partial charge in [0.05, 0.1) is 17.2 Å². The van der Waals surface area contributed by atoms with Gasteiger partial charge in [0.25, 0.3) is 5.91 Å². The van der Waals surface area contributed by atoms with Crippen molar-refractivity contribution in [3.05, 3.63) is 59.9 Å². The first kappa shape index (κ1) is 21.0. The van der Waals surface area contributed by atoms with Gasteiger partial charge in [-0.15, -0.1) is 0 Å². The molecule has 0 aromatic heterocycles. The number of halogens is 1. The number of hydrogen-bond donors (Lipinski definition) is 2. The molecule has 0 unspecified atom stereocenters. The van der Waals surface area contributed by atoms with Crippen LogP contribution >= 0.6 is 0 Å². The van der Waals surface area contributed by atoms with Gasteiger partial charge in [-0.1, -0.05) is 31.4 Å². The zero-order valence-corrected chi connectivity index (χ0v) is 17.3. The lowest BCUT2D eigenvalue weighted by Gasteiger charge is -2.23. The highest BCUT2D eigenvalue weighted by molar-refractivity contribution is 6.07. The smallest absolute Gasteiger partial charge is 0.253 e. The largest absolute Gasteiger partial charge is 0.349 e. The maximum absolute atomic E-state index is 13.2. The van der Waals surface area contributed by atoms with E-state index in [2.05, 4.69) is 10.6 Å². The van der Waals surface area contributed by atoms with Crippen molar-refractivity contribution in [2.45, 2.75) is 44.6 Å². The van der Waals surface area contributed by atoms with Gasteiger partial charge in [0.1, 0.15) is 5.82 Å². The molecule has 162 valence electrons. The zero-order valence-electron chi connectivity index (χ0n) is 17.3. The van der Waals surface area contributed by atoms with Crippen molar-refractivity contribution in [3.8, 4) is 0 Å². The molecule has 0 spiro atoms. The van der Waals surface area contributed by atoms with E-state index in [1.807, 2.05) is 0 Å². The second kappa shape index (κ2) is 9.29. The highest BCUT2D eigenvalue weighted by atomic mass is 19.1. The monoisotopic (exact) mass is 423 g/mol. The Balaban J connectivity index is 1.42. The number of benzene rings is 2. The summed E-state index contributed by atoms with van der Waals surface area (Å²) < 4.78 is 13.2. The first-order valence-corrected chi connectivity index (χ1v) is 10.8. The topological polar surface area (TPSA) is 78.5 Å². The maximum atomic E-state index is 13.2. The average Bonchev–Trinajstić information content (AvgIpc) is 3.17. The average molecular weight is 423 g/mol. The Hall–Kier alpha value is -3.22. The third-order valence-corrected chi connectivity index (χ3v) is 6.00. The van der Waals surface area contributed by atoms with Crippen LogP contribution in [0.25, 0.3) is 0 Å². The number of nitrogens with zero attached hydrogens (tertiary/aromatic N) is 1. The van der Waals surface area contributed by atoms with Gasteiger partial charge in [0.2, 0.25) is 11.8 Å². The molecule has 31 heavy (non-hydrogen) atoms. The van der Waals surface area contributed by atoms with E-state index < -0.39 is 5.92 Å². The third kappa shape index (κ3) is 4.93. The lowest BCUT2D eigenvalue weighted by molar-refractivity contribution is -0.122. The predicted octanol–water partition coefficient (Wildman–Crippen LogP) is 3.88. The normalized spacial score (nSPS) is 19.3. The Labute approximate surface area is 180 Å². The zero-order chi connectivity index (χ0) is 21.8. The molecule has 4 rings (SSSR count). The highest BCUT2D eigenvalue weighted by Crippen LogP contribution is 2.27. The molecule has 1 saturated heterocycles. The van der Waals surface area contributed by atoms with E-state index >= 15 is 0 Å². The molecule has 1 atom stereocenters. The van der Waals surface area contributed by atoms with E-state index in [0.717, 1.165) is 25.7 Å². The van der Waals surface area contributed by atoms with E-state index in [4.69, 9.17) is 0 Å². The van der Waals surface area contributed by atoms with Crippen molar-refractivity contribution in [2.24, 2.45) is 5.92 Å². The SMILES string of the molecule is O=C(NC1CCCCC1)c1ccccc1NC(=O)[C@@H]1CC(=O)N(c2ccc(F)cc2)C1. The van der Waals surface area contributed by atoms with Crippen LogP contribution in [0.2, 0.25) is 0 Å². The van der Waals surface area contributed by atoms with Gasteiger partial charge in [-0.3, -0.25) is 14.4 Å². The van der Waals surface area contributed by atoms with E-state index in [1.54, 1.807) is 24.3 Å². The minimum atomic E-state index is -0.549. The number of carbonyl (C=O) groups excluding carboxylic acids is 3. The van der Waals surface area contributed by atoms with E-state index in [-0.39, 0.29) is 42.5 Å². The van der Waals surface area contributed by atoms with Crippen molar-refractivity contribution in [2.75, 3.05) is 16.8 Å². The van der Waals surface area contributed by atoms with Crippen LogP contribution in [0.3, 0.4) is 0 Å². The van der Waals surface area contributed by atoms with Gasteiger partial charge in [0.15, 0.2) is 0 Å². The molecule has 3 amide bonds. The minimum absolute atomic E-state index is 0.0691. The van der Waals surface area contributed by atoms with E-state index in [0.29, 0.717) is 16.9 Å². The summed E-state index contributed by atoms with van der Waals surface area (Å²) in [5, 5.41) is 5.91. The van der Waals surface area contributed by atoms with Gasteiger partial charge >= 0.3 is 0 Å². The summed E-state index contributed by atoms with van der Waals surface area (Å²) in [7, 11) is 0. The molecule has 2 aromatic carbocycles. The molecule has 2 aliphatic rings. The molecule has 2 aromatic rings. The number of anilines is 2. The van der Waals surface area contributed by atoms with E-state index in [1.165, 1.54) is 35.6 Å². The second-order valence-corrected chi connectivity index (χ2v) is 8.23. The Morgan fingerprint density at radius 3 is 2.42 bits per heavy atom. The van der Waals surface area contributed by atoms with Crippen LogP contribution in [0.5, 0.6) is 0 Å². The van der Waals surface area contributed by atoms with Gasteiger partial charge < -0.3 is 15.5 Å². The third-order valence-electron chi connectivity index (χ3n) is 6.00. The summed E-state index contributed by atoms with van der Waals surface area (Å²) in [4.78, 5) is 39.6. The molecule has 0 bridgehead atoms. The first-order valence-electron chi connectivity index (χ1n) is 10.8. The molecule has 7 heteroatoms. The van der Waals surface area contributed by atoms with Gasteiger partial charge in [-0.2, -0.15) is 0 Å². The minimum Gasteiger partial charge on any atom is -0.349 e. The van der Waals surface area contributed by atoms with Crippen LogP contribution in [-0.2, 0) is 9.59 Å². The summed E-state index contributed by atoms with van der Waals surface area (Å²) >= 11 is 0. The summed E-state index contributed by atoms with van der Waals surface area (Å²) in [5.41, 5.74) is 1.42. The number of para-hydroxylation sites is 1. The molecule has 2 fully saturated rings.